The summed E-state index contributed by atoms with van der Waals surface area (Å²) in [5, 5.41) is 8.14. The number of aromatic nitrogens is 1. The first-order chi connectivity index (χ1) is 9.52. The van der Waals surface area contributed by atoms with Crippen LogP contribution in [-0.4, -0.2) is 24.0 Å². The van der Waals surface area contributed by atoms with Gasteiger partial charge >= 0.3 is 0 Å². The lowest BCUT2D eigenvalue weighted by molar-refractivity contribution is -0.122. The molecule has 1 amide bonds. The third-order valence-electron chi connectivity index (χ3n) is 3.19. The predicted octanol–water partition coefficient (Wildman–Crippen LogP) is 3.07. The first kappa shape index (κ1) is 14.6. The molecule has 0 saturated carbocycles. The van der Waals surface area contributed by atoms with Crippen LogP contribution in [0.25, 0.3) is 10.8 Å². The lowest BCUT2D eigenvalue weighted by atomic mass is 10.0. The molecule has 1 aromatic heterocycles. The molecule has 0 bridgehead atoms. The van der Waals surface area contributed by atoms with Crippen LogP contribution in [-0.2, 0) is 4.79 Å². The van der Waals surface area contributed by atoms with Gasteiger partial charge in [0.25, 0.3) is 0 Å². The van der Waals surface area contributed by atoms with Gasteiger partial charge in [0.15, 0.2) is 0 Å². The van der Waals surface area contributed by atoms with E-state index in [9.17, 15) is 4.79 Å². The maximum atomic E-state index is 11.9. The molecule has 2 N–H and O–H groups in total. The Morgan fingerprint density at radius 1 is 1.30 bits per heavy atom. The molecule has 2 aromatic rings. The minimum atomic E-state index is -0.343. The monoisotopic (exact) mass is 291 g/mol. The number of anilines is 1. The van der Waals surface area contributed by atoms with E-state index in [1.54, 1.807) is 7.05 Å². The Kier molecular flexibility index (Phi) is 4.45. The van der Waals surface area contributed by atoms with Gasteiger partial charge in [-0.15, -0.1) is 0 Å². The van der Waals surface area contributed by atoms with Crippen LogP contribution >= 0.6 is 11.6 Å². The Labute approximate surface area is 123 Å². The quantitative estimate of drug-likeness (QED) is 0.851. The van der Waals surface area contributed by atoms with Crippen LogP contribution in [0.5, 0.6) is 0 Å². The Hall–Kier alpha value is -1.81. The lowest BCUT2D eigenvalue weighted by Crippen LogP contribution is -2.41. The molecule has 5 heteroatoms. The van der Waals surface area contributed by atoms with Crippen molar-refractivity contribution in [3.63, 3.8) is 0 Å². The summed E-state index contributed by atoms with van der Waals surface area (Å²) in [6.07, 6.45) is 0. The first-order valence-electron chi connectivity index (χ1n) is 6.56. The van der Waals surface area contributed by atoms with Crippen LogP contribution in [0.3, 0.4) is 0 Å². The number of rotatable bonds is 4. The van der Waals surface area contributed by atoms with Crippen molar-refractivity contribution in [3.05, 3.63) is 35.5 Å². The smallest absolute Gasteiger partial charge is 0.242 e. The number of hydrogen-bond acceptors (Lipinski definition) is 3. The lowest BCUT2D eigenvalue weighted by Gasteiger charge is -2.21. The van der Waals surface area contributed by atoms with Crippen molar-refractivity contribution in [2.24, 2.45) is 5.92 Å². The predicted molar refractivity (Wildman–Crippen MR) is 83.1 cm³/mol. The number of pyridine rings is 1. The van der Waals surface area contributed by atoms with Crippen molar-refractivity contribution < 1.29 is 4.79 Å². The molecule has 1 aromatic carbocycles. The van der Waals surface area contributed by atoms with E-state index in [2.05, 4.69) is 15.6 Å². The van der Waals surface area contributed by atoms with E-state index in [1.807, 2.05) is 44.2 Å². The fourth-order valence-electron chi connectivity index (χ4n) is 2.08. The minimum Gasteiger partial charge on any atom is -0.358 e. The highest BCUT2D eigenvalue weighted by Gasteiger charge is 2.21. The van der Waals surface area contributed by atoms with Crippen LogP contribution in [0.4, 0.5) is 5.82 Å². The van der Waals surface area contributed by atoms with Crippen LogP contribution in [0.15, 0.2) is 30.3 Å². The average Bonchev–Trinajstić information content (AvgIpc) is 2.43. The minimum absolute atomic E-state index is 0.0638. The molecule has 0 radical (unpaired) electrons. The molecule has 1 heterocycles. The molecule has 1 atom stereocenters. The van der Waals surface area contributed by atoms with Crippen molar-refractivity contribution >= 4 is 34.1 Å². The zero-order valence-electron chi connectivity index (χ0n) is 11.8. The van der Waals surface area contributed by atoms with Crippen molar-refractivity contribution in [1.29, 1.82) is 0 Å². The number of benzene rings is 1. The topological polar surface area (TPSA) is 54.0 Å². The van der Waals surface area contributed by atoms with E-state index < -0.39 is 0 Å². The van der Waals surface area contributed by atoms with Gasteiger partial charge in [0.1, 0.15) is 17.0 Å². The van der Waals surface area contributed by atoms with E-state index in [0.29, 0.717) is 11.0 Å². The van der Waals surface area contributed by atoms with Crippen LogP contribution in [0.2, 0.25) is 5.15 Å². The number of halogens is 1. The third kappa shape index (κ3) is 3.02. The van der Waals surface area contributed by atoms with E-state index in [0.717, 1.165) is 10.8 Å². The summed E-state index contributed by atoms with van der Waals surface area (Å²) in [7, 11) is 1.63. The summed E-state index contributed by atoms with van der Waals surface area (Å²) in [4.78, 5) is 16.2. The summed E-state index contributed by atoms with van der Waals surface area (Å²) in [6, 6.07) is 9.32. The second-order valence-corrected chi connectivity index (χ2v) is 5.36. The Morgan fingerprint density at radius 2 is 2.00 bits per heavy atom. The summed E-state index contributed by atoms with van der Waals surface area (Å²) in [5.74, 6) is 0.684. The first-order valence-corrected chi connectivity index (χ1v) is 6.94. The molecule has 0 aliphatic heterocycles. The number of nitrogens with one attached hydrogen (secondary N) is 2. The maximum absolute atomic E-state index is 11.9. The van der Waals surface area contributed by atoms with Gasteiger partial charge in [0.05, 0.1) is 0 Å². The Bertz CT molecular complexity index is 628. The van der Waals surface area contributed by atoms with Crippen molar-refractivity contribution in [1.82, 2.24) is 10.3 Å². The van der Waals surface area contributed by atoms with Crippen molar-refractivity contribution in [2.45, 2.75) is 19.9 Å². The second kappa shape index (κ2) is 6.09. The van der Waals surface area contributed by atoms with Crippen molar-refractivity contribution in [2.75, 3.05) is 12.4 Å². The molecule has 0 aliphatic carbocycles. The summed E-state index contributed by atoms with van der Waals surface area (Å²) < 4.78 is 0. The van der Waals surface area contributed by atoms with E-state index in [1.165, 1.54) is 0 Å². The van der Waals surface area contributed by atoms with E-state index >= 15 is 0 Å². The number of fused-ring (bicyclic) bond motifs is 1. The molecule has 1 unspecified atom stereocenters. The molecule has 2 rings (SSSR count). The number of amides is 1. The van der Waals surface area contributed by atoms with Gasteiger partial charge in [-0.1, -0.05) is 49.7 Å². The molecule has 0 saturated heterocycles. The van der Waals surface area contributed by atoms with Gasteiger partial charge in [0, 0.05) is 12.4 Å². The van der Waals surface area contributed by atoms with Crippen LogP contribution in [0, 0.1) is 5.92 Å². The SMILES string of the molecule is CNC(=O)C(Nc1cc2ccccc2c(Cl)n1)C(C)C. The molecule has 4 nitrogen and oxygen atoms in total. The molecular formula is C15H18ClN3O. The number of carbonyl (C=O) groups is 1. The maximum Gasteiger partial charge on any atom is 0.242 e. The fourth-order valence-corrected chi connectivity index (χ4v) is 2.34. The summed E-state index contributed by atoms with van der Waals surface area (Å²) in [6.45, 7) is 3.96. The molecule has 20 heavy (non-hydrogen) atoms. The highest BCUT2D eigenvalue weighted by atomic mass is 35.5. The van der Waals surface area contributed by atoms with Gasteiger partial charge in [-0.25, -0.2) is 4.98 Å². The average molecular weight is 292 g/mol. The highest BCUT2D eigenvalue weighted by molar-refractivity contribution is 6.34. The zero-order chi connectivity index (χ0) is 14.7. The summed E-state index contributed by atoms with van der Waals surface area (Å²) in [5.41, 5.74) is 0. The Balaban J connectivity index is 2.35. The van der Waals surface area contributed by atoms with Gasteiger partial charge in [-0.3, -0.25) is 4.79 Å². The van der Waals surface area contributed by atoms with E-state index in [-0.39, 0.29) is 17.9 Å². The standard InChI is InChI=1S/C15H18ClN3O/c1-9(2)13(15(20)17-3)18-12-8-10-6-4-5-7-11(10)14(16)19-12/h4-9,13H,1-3H3,(H,17,20)(H,18,19). The van der Waals surface area contributed by atoms with Gasteiger partial charge in [-0.05, 0) is 17.4 Å². The number of nitrogens with zero attached hydrogens (tertiary/aromatic N) is 1. The largest absolute Gasteiger partial charge is 0.358 e. The van der Waals surface area contributed by atoms with Gasteiger partial charge in [-0.2, -0.15) is 0 Å². The third-order valence-corrected chi connectivity index (χ3v) is 3.48. The van der Waals surface area contributed by atoms with Crippen LogP contribution < -0.4 is 10.6 Å². The van der Waals surface area contributed by atoms with Crippen LogP contribution in [0.1, 0.15) is 13.8 Å². The molecule has 106 valence electrons. The number of hydrogen-bond donors (Lipinski definition) is 2. The van der Waals surface area contributed by atoms with Gasteiger partial charge in [0.2, 0.25) is 5.91 Å². The fraction of sp³-hybridized carbons (Fsp3) is 0.333. The van der Waals surface area contributed by atoms with E-state index in [4.69, 9.17) is 11.6 Å². The molecular weight excluding hydrogens is 274 g/mol. The van der Waals surface area contributed by atoms with Crippen molar-refractivity contribution in [3.8, 4) is 0 Å². The zero-order valence-corrected chi connectivity index (χ0v) is 12.5. The highest BCUT2D eigenvalue weighted by Crippen LogP contribution is 2.25. The molecule has 0 fully saturated rings. The second-order valence-electron chi connectivity index (χ2n) is 5.00. The van der Waals surface area contributed by atoms with Gasteiger partial charge < -0.3 is 10.6 Å². The normalized spacial score (nSPS) is 12.4. The number of likely N-dealkylation sites (N-methyl/N-ethyl adjacent to an activating group) is 1. The summed E-state index contributed by atoms with van der Waals surface area (Å²) >= 11 is 6.19. The molecule has 0 aliphatic rings. The Morgan fingerprint density at radius 3 is 2.65 bits per heavy atom. The number of carbonyl (C=O) groups excluding carboxylic acids is 1. The molecule has 0 spiro atoms.